The second-order valence-corrected chi connectivity index (χ2v) is 3.78. The average molecular weight is 206 g/mol. The SMILES string of the molecule is Nc1cccc(N2CCCC2C(=O)O)c1. The number of hydrogen-bond acceptors (Lipinski definition) is 3. The van der Waals surface area contributed by atoms with Crippen molar-refractivity contribution in [3.05, 3.63) is 24.3 Å². The van der Waals surface area contributed by atoms with E-state index >= 15 is 0 Å². The minimum atomic E-state index is -0.755. The summed E-state index contributed by atoms with van der Waals surface area (Å²) in [4.78, 5) is 12.9. The van der Waals surface area contributed by atoms with Gasteiger partial charge in [0.05, 0.1) is 0 Å². The third-order valence-corrected chi connectivity index (χ3v) is 2.74. The second-order valence-electron chi connectivity index (χ2n) is 3.78. The zero-order chi connectivity index (χ0) is 10.8. The van der Waals surface area contributed by atoms with Crippen molar-refractivity contribution in [3.8, 4) is 0 Å². The van der Waals surface area contributed by atoms with Crippen molar-refractivity contribution in [1.82, 2.24) is 0 Å². The fourth-order valence-electron chi connectivity index (χ4n) is 2.04. The smallest absolute Gasteiger partial charge is 0.326 e. The molecule has 0 aromatic heterocycles. The van der Waals surface area contributed by atoms with Crippen LogP contribution in [0.2, 0.25) is 0 Å². The van der Waals surface area contributed by atoms with Gasteiger partial charge in [-0.1, -0.05) is 6.07 Å². The molecule has 1 heterocycles. The highest BCUT2D eigenvalue weighted by Crippen LogP contribution is 2.26. The number of carboxylic acid groups (broad SMARTS) is 1. The van der Waals surface area contributed by atoms with Gasteiger partial charge in [-0.3, -0.25) is 0 Å². The van der Waals surface area contributed by atoms with E-state index in [1.807, 2.05) is 23.1 Å². The molecule has 80 valence electrons. The Labute approximate surface area is 88.3 Å². The van der Waals surface area contributed by atoms with Crippen molar-refractivity contribution in [2.75, 3.05) is 17.2 Å². The molecule has 2 rings (SSSR count). The van der Waals surface area contributed by atoms with Gasteiger partial charge in [-0.2, -0.15) is 0 Å². The van der Waals surface area contributed by atoms with Gasteiger partial charge in [0, 0.05) is 17.9 Å². The first-order valence-electron chi connectivity index (χ1n) is 5.03. The molecule has 0 amide bonds. The summed E-state index contributed by atoms with van der Waals surface area (Å²) in [5.41, 5.74) is 7.25. The molecule has 0 radical (unpaired) electrons. The highest BCUT2D eigenvalue weighted by Gasteiger charge is 2.30. The van der Waals surface area contributed by atoms with Crippen LogP contribution in [0.25, 0.3) is 0 Å². The third-order valence-electron chi connectivity index (χ3n) is 2.74. The van der Waals surface area contributed by atoms with Gasteiger partial charge in [-0.05, 0) is 31.0 Å². The van der Waals surface area contributed by atoms with Crippen LogP contribution in [0.3, 0.4) is 0 Å². The minimum absolute atomic E-state index is 0.396. The van der Waals surface area contributed by atoms with Crippen LogP contribution in [0.4, 0.5) is 11.4 Å². The molecule has 0 saturated carbocycles. The van der Waals surface area contributed by atoms with Gasteiger partial charge in [0.1, 0.15) is 6.04 Å². The molecule has 15 heavy (non-hydrogen) atoms. The molecule has 1 aliphatic rings. The first-order valence-corrected chi connectivity index (χ1v) is 5.03. The van der Waals surface area contributed by atoms with Gasteiger partial charge in [0.25, 0.3) is 0 Å². The summed E-state index contributed by atoms with van der Waals surface area (Å²) >= 11 is 0. The first-order chi connectivity index (χ1) is 7.18. The van der Waals surface area contributed by atoms with Crippen LogP contribution in [0.5, 0.6) is 0 Å². The number of carbonyl (C=O) groups is 1. The summed E-state index contributed by atoms with van der Waals surface area (Å²) in [6.07, 6.45) is 1.63. The number of nitrogen functional groups attached to an aromatic ring is 1. The molecule has 0 spiro atoms. The van der Waals surface area contributed by atoms with E-state index in [-0.39, 0.29) is 0 Å². The monoisotopic (exact) mass is 206 g/mol. The normalized spacial score (nSPS) is 20.5. The first kappa shape index (κ1) is 9.83. The molecular formula is C11H14N2O2. The number of anilines is 2. The maximum Gasteiger partial charge on any atom is 0.326 e. The van der Waals surface area contributed by atoms with E-state index in [1.54, 1.807) is 6.07 Å². The quantitative estimate of drug-likeness (QED) is 0.716. The van der Waals surface area contributed by atoms with E-state index in [0.717, 1.165) is 18.7 Å². The Balaban J connectivity index is 2.26. The zero-order valence-electron chi connectivity index (χ0n) is 8.39. The highest BCUT2D eigenvalue weighted by atomic mass is 16.4. The predicted molar refractivity (Wildman–Crippen MR) is 58.9 cm³/mol. The Hall–Kier alpha value is -1.71. The van der Waals surface area contributed by atoms with Crippen molar-refractivity contribution in [2.24, 2.45) is 0 Å². The second kappa shape index (κ2) is 3.81. The maximum absolute atomic E-state index is 11.0. The van der Waals surface area contributed by atoms with Crippen molar-refractivity contribution >= 4 is 17.3 Å². The zero-order valence-corrected chi connectivity index (χ0v) is 8.39. The van der Waals surface area contributed by atoms with E-state index in [0.29, 0.717) is 12.1 Å². The number of hydrogen-bond donors (Lipinski definition) is 2. The molecule has 1 atom stereocenters. The van der Waals surface area contributed by atoms with E-state index in [1.165, 1.54) is 0 Å². The summed E-state index contributed by atoms with van der Waals surface area (Å²) in [7, 11) is 0. The summed E-state index contributed by atoms with van der Waals surface area (Å²) < 4.78 is 0. The molecule has 1 aromatic carbocycles. The highest BCUT2D eigenvalue weighted by molar-refractivity contribution is 5.79. The van der Waals surface area contributed by atoms with Crippen molar-refractivity contribution < 1.29 is 9.90 Å². The van der Waals surface area contributed by atoms with Gasteiger partial charge in [0.15, 0.2) is 0 Å². The van der Waals surface area contributed by atoms with E-state index in [9.17, 15) is 4.79 Å². The Kier molecular flexibility index (Phi) is 2.49. The maximum atomic E-state index is 11.0. The number of carboxylic acids is 1. The molecule has 1 unspecified atom stereocenters. The van der Waals surface area contributed by atoms with Gasteiger partial charge < -0.3 is 15.7 Å². The molecule has 1 aliphatic heterocycles. The van der Waals surface area contributed by atoms with Crippen LogP contribution in [0, 0.1) is 0 Å². The van der Waals surface area contributed by atoms with Gasteiger partial charge >= 0.3 is 5.97 Å². The fraction of sp³-hybridized carbons (Fsp3) is 0.364. The topological polar surface area (TPSA) is 66.6 Å². The van der Waals surface area contributed by atoms with E-state index < -0.39 is 12.0 Å². The Morgan fingerprint density at radius 2 is 2.33 bits per heavy atom. The van der Waals surface area contributed by atoms with Crippen molar-refractivity contribution in [1.29, 1.82) is 0 Å². The van der Waals surface area contributed by atoms with Crippen molar-refractivity contribution in [2.45, 2.75) is 18.9 Å². The van der Waals surface area contributed by atoms with E-state index in [2.05, 4.69) is 0 Å². The van der Waals surface area contributed by atoms with Crippen LogP contribution in [-0.2, 0) is 4.79 Å². The Morgan fingerprint density at radius 3 is 3.00 bits per heavy atom. The Bertz CT molecular complexity index is 379. The van der Waals surface area contributed by atoms with Gasteiger partial charge in [-0.25, -0.2) is 4.79 Å². The third kappa shape index (κ3) is 1.88. The summed E-state index contributed by atoms with van der Waals surface area (Å²) in [6, 6.07) is 6.97. The molecular weight excluding hydrogens is 192 g/mol. The number of nitrogens with zero attached hydrogens (tertiary/aromatic N) is 1. The minimum Gasteiger partial charge on any atom is -0.480 e. The summed E-state index contributed by atoms with van der Waals surface area (Å²) in [6.45, 7) is 0.792. The lowest BCUT2D eigenvalue weighted by Crippen LogP contribution is -2.35. The molecule has 0 bridgehead atoms. The number of aliphatic carboxylic acids is 1. The van der Waals surface area contributed by atoms with Crippen LogP contribution >= 0.6 is 0 Å². The van der Waals surface area contributed by atoms with E-state index in [4.69, 9.17) is 10.8 Å². The lowest BCUT2D eigenvalue weighted by atomic mass is 10.2. The van der Waals surface area contributed by atoms with Gasteiger partial charge in [0.2, 0.25) is 0 Å². The lowest BCUT2D eigenvalue weighted by molar-refractivity contribution is -0.138. The predicted octanol–water partition coefficient (Wildman–Crippen LogP) is 1.32. The number of benzene rings is 1. The summed E-state index contributed by atoms with van der Waals surface area (Å²) in [5, 5.41) is 9.04. The van der Waals surface area contributed by atoms with Crippen LogP contribution in [-0.4, -0.2) is 23.7 Å². The molecule has 3 N–H and O–H groups in total. The van der Waals surface area contributed by atoms with Crippen LogP contribution in [0.1, 0.15) is 12.8 Å². The van der Waals surface area contributed by atoms with Gasteiger partial charge in [-0.15, -0.1) is 0 Å². The molecule has 1 fully saturated rings. The number of nitrogens with two attached hydrogens (primary N) is 1. The Morgan fingerprint density at radius 1 is 1.53 bits per heavy atom. The molecule has 0 aliphatic carbocycles. The standard InChI is InChI=1S/C11H14N2O2/c12-8-3-1-4-9(7-8)13-6-2-5-10(13)11(14)15/h1,3-4,7,10H,2,5-6,12H2,(H,14,15). The molecule has 4 nitrogen and oxygen atoms in total. The van der Waals surface area contributed by atoms with Crippen LogP contribution < -0.4 is 10.6 Å². The molecule has 1 aromatic rings. The summed E-state index contributed by atoms with van der Waals surface area (Å²) in [5.74, 6) is -0.755. The average Bonchev–Trinajstić information content (AvgIpc) is 2.65. The molecule has 4 heteroatoms. The lowest BCUT2D eigenvalue weighted by Gasteiger charge is -2.23. The number of rotatable bonds is 2. The largest absolute Gasteiger partial charge is 0.480 e. The van der Waals surface area contributed by atoms with Crippen molar-refractivity contribution in [3.63, 3.8) is 0 Å². The fourth-order valence-corrected chi connectivity index (χ4v) is 2.04. The van der Waals surface area contributed by atoms with Crippen LogP contribution in [0.15, 0.2) is 24.3 Å². The molecule has 1 saturated heterocycles.